The van der Waals surface area contributed by atoms with Crippen molar-refractivity contribution in [3.05, 3.63) is 12.4 Å². The van der Waals surface area contributed by atoms with Crippen LogP contribution in [0.15, 0.2) is 12.4 Å². The van der Waals surface area contributed by atoms with Crippen molar-refractivity contribution < 1.29 is 15.6 Å². The molecule has 0 aromatic carbocycles. The van der Waals surface area contributed by atoms with E-state index >= 15 is 0 Å². The van der Waals surface area contributed by atoms with Gasteiger partial charge in [0.1, 0.15) is 6.20 Å². The number of carbonyl (C=O) groups excluding carboxylic acids is 1. The van der Waals surface area contributed by atoms with Gasteiger partial charge >= 0.3 is 0 Å². The van der Waals surface area contributed by atoms with Crippen LogP contribution in [0.3, 0.4) is 0 Å². The fourth-order valence-electron chi connectivity index (χ4n) is 8.09. The van der Waals surface area contributed by atoms with Crippen molar-refractivity contribution in [1.29, 1.82) is 0 Å². The monoisotopic (exact) mass is 390 g/mol. The summed E-state index contributed by atoms with van der Waals surface area (Å²) < 4.78 is 0. The van der Waals surface area contributed by atoms with Crippen LogP contribution in [0.1, 0.15) is 71.6 Å². The maximum Gasteiger partial charge on any atom is 0.157 e. The molecule has 0 radical (unpaired) electrons. The average molecular weight is 391 g/mol. The second kappa shape index (κ2) is 7.41. The highest BCUT2D eigenvalue weighted by Crippen LogP contribution is 2.64. The first kappa shape index (κ1) is 20.4. The number of ketones is 1. The van der Waals surface area contributed by atoms with E-state index in [0.29, 0.717) is 24.2 Å². The first-order chi connectivity index (χ1) is 13.2. The summed E-state index contributed by atoms with van der Waals surface area (Å²) in [7, 11) is 0. The van der Waals surface area contributed by atoms with Gasteiger partial charge in [0.05, 0.1) is 18.3 Å². The Kier molecular flexibility index (Phi) is 5.39. The van der Waals surface area contributed by atoms with Crippen LogP contribution in [0, 0.1) is 40.9 Å². The number of hydrogen-bond acceptors (Lipinski definition) is 4. The fourth-order valence-corrected chi connectivity index (χ4v) is 8.09. The predicted octanol–water partition coefficient (Wildman–Crippen LogP) is 2.46. The number of hydrogen-bond donors (Lipinski definition) is 3. The highest BCUT2D eigenvalue weighted by Gasteiger charge is 2.58. The highest BCUT2D eigenvalue weighted by atomic mass is 16.3. The molecule has 4 rings (SSSR count). The predicted molar refractivity (Wildman–Crippen MR) is 109 cm³/mol. The van der Waals surface area contributed by atoms with Crippen molar-refractivity contribution in [2.45, 2.75) is 77.2 Å². The number of hydrazine groups is 1. The summed E-state index contributed by atoms with van der Waals surface area (Å²) in [5.41, 5.74) is 3.37. The van der Waals surface area contributed by atoms with E-state index in [4.69, 9.17) is 5.84 Å². The average Bonchev–Trinajstić information content (AvgIpc) is 2.98. The lowest BCUT2D eigenvalue weighted by atomic mass is 9.49. The molecule has 8 atom stereocenters. The van der Waals surface area contributed by atoms with Gasteiger partial charge in [0.25, 0.3) is 0 Å². The molecule has 4 fully saturated rings. The maximum atomic E-state index is 13.0. The van der Waals surface area contributed by atoms with Crippen LogP contribution >= 0.6 is 0 Å². The van der Waals surface area contributed by atoms with Gasteiger partial charge in [-0.05, 0) is 99.7 Å². The zero-order valence-corrected chi connectivity index (χ0v) is 17.8. The molecule has 5 nitrogen and oxygen atoms in total. The topological polar surface area (TPSA) is 94.2 Å². The molecule has 158 valence electrons. The third kappa shape index (κ3) is 3.44. The number of fused-ring (bicyclic) bond motifs is 5. The number of quaternary nitrogens is 1. The van der Waals surface area contributed by atoms with Crippen molar-refractivity contribution in [3.63, 3.8) is 0 Å². The molecule has 0 aliphatic heterocycles. The summed E-state index contributed by atoms with van der Waals surface area (Å²) in [6.07, 6.45) is 13.8. The number of nitrogens with zero attached hydrogens (tertiary/aromatic N) is 1. The number of carbonyl (C=O) groups is 1. The van der Waals surface area contributed by atoms with Gasteiger partial charge in [-0.25, -0.2) is 5.84 Å². The SMILES string of the molecule is CC1(O)CCC2C(CCC3C2CCC2(C)C(C(=O)CN(N)C=C[NH3+])CCC32)C1. The lowest BCUT2D eigenvalue weighted by molar-refractivity contribution is -0.276. The van der Waals surface area contributed by atoms with Crippen molar-refractivity contribution >= 4 is 5.78 Å². The van der Waals surface area contributed by atoms with Crippen LogP contribution in [-0.4, -0.2) is 28.0 Å². The molecule has 8 unspecified atom stereocenters. The summed E-state index contributed by atoms with van der Waals surface area (Å²) in [5.74, 6) is 10.2. The Bertz CT molecular complexity index is 633. The minimum atomic E-state index is -0.446. The third-order valence-electron chi connectivity index (χ3n) is 9.26. The van der Waals surface area contributed by atoms with Crippen LogP contribution in [-0.2, 0) is 4.79 Å². The van der Waals surface area contributed by atoms with Crippen LogP contribution in [0.2, 0.25) is 0 Å². The summed E-state index contributed by atoms with van der Waals surface area (Å²) in [6.45, 7) is 4.73. The van der Waals surface area contributed by atoms with Crippen LogP contribution in [0.25, 0.3) is 0 Å². The van der Waals surface area contributed by atoms with Gasteiger partial charge in [0, 0.05) is 5.92 Å². The molecule has 6 N–H and O–H groups in total. The Morgan fingerprint density at radius 1 is 1.11 bits per heavy atom. The van der Waals surface area contributed by atoms with Gasteiger partial charge < -0.3 is 15.8 Å². The Morgan fingerprint density at radius 2 is 1.86 bits per heavy atom. The van der Waals surface area contributed by atoms with E-state index in [0.717, 1.165) is 37.0 Å². The lowest BCUT2D eigenvalue weighted by Crippen LogP contribution is -2.51. The summed E-state index contributed by atoms with van der Waals surface area (Å²) >= 11 is 0. The molecule has 0 amide bonds. The molecule has 0 bridgehead atoms. The lowest BCUT2D eigenvalue weighted by Gasteiger charge is -2.56. The second-order valence-electron chi connectivity index (χ2n) is 10.9. The van der Waals surface area contributed by atoms with Crippen molar-refractivity contribution in [2.75, 3.05) is 6.54 Å². The molecule has 0 heterocycles. The number of Topliss-reactive ketones (excluding diaryl/α,β-unsaturated/α-hetero) is 1. The zero-order valence-electron chi connectivity index (χ0n) is 17.8. The normalized spacial score (nSPS) is 48.0. The molecular weight excluding hydrogens is 350 g/mol. The van der Waals surface area contributed by atoms with E-state index in [9.17, 15) is 9.90 Å². The summed E-state index contributed by atoms with van der Waals surface area (Å²) in [6, 6.07) is 0. The van der Waals surface area contributed by atoms with Crippen molar-refractivity contribution in [3.8, 4) is 0 Å². The van der Waals surface area contributed by atoms with Gasteiger partial charge in [0.15, 0.2) is 5.78 Å². The van der Waals surface area contributed by atoms with Gasteiger partial charge in [0.2, 0.25) is 0 Å². The van der Waals surface area contributed by atoms with E-state index in [-0.39, 0.29) is 11.3 Å². The number of nitrogens with two attached hydrogens (primary N) is 1. The second-order valence-corrected chi connectivity index (χ2v) is 10.9. The molecule has 28 heavy (non-hydrogen) atoms. The number of rotatable bonds is 4. The van der Waals surface area contributed by atoms with E-state index in [1.165, 1.54) is 43.5 Å². The Hall–Kier alpha value is -0.910. The zero-order chi connectivity index (χ0) is 20.1. The smallest absolute Gasteiger partial charge is 0.157 e. The van der Waals surface area contributed by atoms with Gasteiger partial charge in [-0.15, -0.1) is 0 Å². The van der Waals surface area contributed by atoms with Gasteiger partial charge in [-0.1, -0.05) is 6.92 Å². The first-order valence-electron chi connectivity index (χ1n) is 11.5. The largest absolute Gasteiger partial charge is 0.390 e. The first-order valence-corrected chi connectivity index (χ1v) is 11.5. The molecule has 4 aliphatic carbocycles. The molecule has 0 saturated heterocycles. The van der Waals surface area contributed by atoms with Gasteiger partial charge in [-0.2, -0.15) is 0 Å². The highest BCUT2D eigenvalue weighted by molar-refractivity contribution is 5.84. The van der Waals surface area contributed by atoms with Crippen LogP contribution in [0.5, 0.6) is 0 Å². The van der Waals surface area contributed by atoms with E-state index in [2.05, 4.69) is 12.7 Å². The van der Waals surface area contributed by atoms with Crippen LogP contribution < -0.4 is 11.6 Å². The Morgan fingerprint density at radius 3 is 2.61 bits per heavy atom. The quantitative estimate of drug-likeness (QED) is 0.508. The standard InChI is InChI=1S/C23H39N3O2/c1-22(28)9-7-16-15(13-22)3-4-18-17(16)8-10-23(2)19(18)5-6-20(23)21(27)14-26(25)12-11-24/h11-12,15-20,28H,3-10,13-14,24-25H2,1-2H3/p+1. The molecule has 0 spiro atoms. The van der Waals surface area contributed by atoms with E-state index in [1.54, 1.807) is 12.4 Å². The number of aliphatic hydroxyl groups is 1. The minimum absolute atomic E-state index is 0.153. The Labute approximate surface area is 169 Å². The molecule has 4 aliphatic rings. The van der Waals surface area contributed by atoms with Crippen molar-refractivity contribution in [1.82, 2.24) is 5.01 Å². The molecular formula is C23H40N3O2+. The maximum absolute atomic E-state index is 13.0. The molecule has 5 heteroatoms. The minimum Gasteiger partial charge on any atom is -0.390 e. The van der Waals surface area contributed by atoms with E-state index < -0.39 is 5.60 Å². The summed E-state index contributed by atoms with van der Waals surface area (Å²) in [4.78, 5) is 13.0. The molecule has 4 saturated carbocycles. The molecule has 0 aromatic heterocycles. The molecule has 0 aromatic rings. The van der Waals surface area contributed by atoms with E-state index in [1.807, 2.05) is 6.92 Å². The third-order valence-corrected chi connectivity index (χ3v) is 9.26. The van der Waals surface area contributed by atoms with Gasteiger partial charge in [-0.3, -0.25) is 4.79 Å². The Balaban J connectivity index is 1.47. The fraction of sp³-hybridized carbons (Fsp3) is 0.870. The van der Waals surface area contributed by atoms with Crippen LogP contribution in [0.4, 0.5) is 0 Å². The summed E-state index contributed by atoms with van der Waals surface area (Å²) in [5, 5.41) is 12.0. The van der Waals surface area contributed by atoms with Crippen molar-refractivity contribution in [2.24, 2.45) is 46.8 Å².